The van der Waals surface area contributed by atoms with Crippen LogP contribution in [0.15, 0.2) is 12.1 Å². The molecule has 0 saturated carbocycles. The number of carbonyl (C=O) groups is 1. The van der Waals surface area contributed by atoms with Gasteiger partial charge in [-0.1, -0.05) is 27.2 Å². The number of hydrogen-bond acceptors (Lipinski definition) is 4. The highest BCUT2D eigenvalue weighted by Gasteiger charge is 2.25. The number of carbonyl (C=O) groups excluding carboxylic acids is 1. The summed E-state index contributed by atoms with van der Waals surface area (Å²) in [5, 5.41) is 0. The van der Waals surface area contributed by atoms with E-state index in [0.29, 0.717) is 16.9 Å². The lowest BCUT2D eigenvalue weighted by Crippen LogP contribution is -2.21. The molecule has 0 aliphatic heterocycles. The van der Waals surface area contributed by atoms with Crippen molar-refractivity contribution in [1.29, 1.82) is 0 Å². The van der Waals surface area contributed by atoms with Gasteiger partial charge in [0.15, 0.2) is 0 Å². The highest BCUT2D eigenvalue weighted by molar-refractivity contribution is 5.92. The van der Waals surface area contributed by atoms with Crippen molar-refractivity contribution in [2.75, 3.05) is 18.6 Å². The summed E-state index contributed by atoms with van der Waals surface area (Å²) in [5.41, 5.74) is 14.4. The molecule has 0 fully saturated rings. The third-order valence-electron chi connectivity index (χ3n) is 3.17. The van der Waals surface area contributed by atoms with Gasteiger partial charge >= 0.3 is 5.97 Å². The summed E-state index contributed by atoms with van der Waals surface area (Å²) in [6, 6.07) is 3.27. The molecule has 0 aliphatic rings. The summed E-state index contributed by atoms with van der Waals surface area (Å²) >= 11 is 0. The summed E-state index contributed by atoms with van der Waals surface area (Å²) in [6.07, 6.45) is 2.03. The van der Waals surface area contributed by atoms with Crippen molar-refractivity contribution < 1.29 is 9.53 Å². The predicted molar refractivity (Wildman–Crippen MR) is 74.5 cm³/mol. The van der Waals surface area contributed by atoms with Gasteiger partial charge in [-0.15, -0.1) is 0 Å². The lowest BCUT2D eigenvalue weighted by molar-refractivity contribution is 0.0601. The van der Waals surface area contributed by atoms with Crippen molar-refractivity contribution in [3.8, 4) is 0 Å². The molecule has 0 bridgehead atoms. The van der Waals surface area contributed by atoms with Gasteiger partial charge in [0.2, 0.25) is 0 Å². The fourth-order valence-electron chi connectivity index (χ4n) is 2.45. The molecule has 18 heavy (non-hydrogen) atoms. The zero-order chi connectivity index (χ0) is 13.9. The molecule has 1 rings (SSSR count). The second-order valence-electron chi connectivity index (χ2n) is 5.16. The quantitative estimate of drug-likeness (QED) is 0.636. The first kappa shape index (κ1) is 14.4. The van der Waals surface area contributed by atoms with E-state index in [2.05, 4.69) is 25.5 Å². The van der Waals surface area contributed by atoms with Crippen LogP contribution in [-0.4, -0.2) is 13.1 Å². The van der Waals surface area contributed by atoms with Crippen LogP contribution >= 0.6 is 0 Å². The van der Waals surface area contributed by atoms with Gasteiger partial charge in [0.25, 0.3) is 0 Å². The summed E-state index contributed by atoms with van der Waals surface area (Å²) in [5.74, 6) is -0.423. The molecule has 1 aromatic carbocycles. The minimum atomic E-state index is -0.423. The molecule has 0 unspecified atom stereocenters. The van der Waals surface area contributed by atoms with Gasteiger partial charge in [-0.2, -0.15) is 0 Å². The minimum Gasteiger partial charge on any atom is -0.465 e. The lowest BCUT2D eigenvalue weighted by atomic mass is 9.78. The highest BCUT2D eigenvalue weighted by atomic mass is 16.5. The Morgan fingerprint density at radius 1 is 1.28 bits per heavy atom. The number of anilines is 2. The Kier molecular flexibility index (Phi) is 4.22. The van der Waals surface area contributed by atoms with Crippen LogP contribution in [0.3, 0.4) is 0 Å². The van der Waals surface area contributed by atoms with Crippen LogP contribution in [0, 0.1) is 0 Å². The Balaban J connectivity index is 3.28. The van der Waals surface area contributed by atoms with Crippen molar-refractivity contribution >= 4 is 17.3 Å². The number of ether oxygens (including phenoxy) is 1. The monoisotopic (exact) mass is 250 g/mol. The van der Waals surface area contributed by atoms with Crippen LogP contribution in [0.4, 0.5) is 11.4 Å². The largest absolute Gasteiger partial charge is 0.465 e. The van der Waals surface area contributed by atoms with E-state index in [4.69, 9.17) is 11.5 Å². The molecule has 1 aromatic rings. The molecule has 4 N–H and O–H groups in total. The van der Waals surface area contributed by atoms with E-state index >= 15 is 0 Å². The molecule has 0 saturated heterocycles. The first-order valence-electron chi connectivity index (χ1n) is 6.11. The maximum absolute atomic E-state index is 11.5. The van der Waals surface area contributed by atoms with Crippen LogP contribution < -0.4 is 11.5 Å². The second kappa shape index (κ2) is 5.29. The standard InChI is InChI=1S/C14H22N2O2/c1-5-6-14(2,3)12-10(15)7-9(8-11(12)16)13(17)18-4/h7-8H,5-6,15-16H2,1-4H3. The molecule has 0 aromatic heterocycles. The van der Waals surface area contributed by atoms with Crippen LogP contribution in [0.1, 0.15) is 49.5 Å². The molecule has 0 spiro atoms. The van der Waals surface area contributed by atoms with Crippen LogP contribution in [0.5, 0.6) is 0 Å². The summed E-state index contributed by atoms with van der Waals surface area (Å²) in [7, 11) is 1.34. The zero-order valence-electron chi connectivity index (χ0n) is 11.5. The zero-order valence-corrected chi connectivity index (χ0v) is 11.5. The summed E-state index contributed by atoms with van der Waals surface area (Å²) < 4.78 is 4.67. The fourth-order valence-corrected chi connectivity index (χ4v) is 2.45. The van der Waals surface area contributed by atoms with Crippen molar-refractivity contribution in [2.24, 2.45) is 0 Å². The van der Waals surface area contributed by atoms with Crippen LogP contribution in [0.25, 0.3) is 0 Å². The lowest BCUT2D eigenvalue weighted by Gasteiger charge is -2.28. The SMILES string of the molecule is CCCC(C)(C)c1c(N)cc(C(=O)OC)cc1N. The Hall–Kier alpha value is -1.71. The number of nitrogen functional groups attached to an aromatic ring is 2. The first-order valence-corrected chi connectivity index (χ1v) is 6.11. The molecule has 100 valence electrons. The summed E-state index contributed by atoms with van der Waals surface area (Å²) in [6.45, 7) is 6.34. The van der Waals surface area contributed by atoms with Gasteiger partial charge in [0.1, 0.15) is 0 Å². The maximum Gasteiger partial charge on any atom is 0.337 e. The molecule has 0 atom stereocenters. The number of methoxy groups -OCH3 is 1. The van der Waals surface area contributed by atoms with E-state index in [1.807, 2.05) is 0 Å². The van der Waals surface area contributed by atoms with Crippen molar-refractivity contribution in [3.63, 3.8) is 0 Å². The highest BCUT2D eigenvalue weighted by Crippen LogP contribution is 2.37. The molecule has 0 amide bonds. The van der Waals surface area contributed by atoms with Gasteiger partial charge in [0, 0.05) is 16.9 Å². The van der Waals surface area contributed by atoms with Gasteiger partial charge in [0.05, 0.1) is 12.7 Å². The van der Waals surface area contributed by atoms with Crippen molar-refractivity contribution in [2.45, 2.75) is 39.0 Å². The molecule has 4 heteroatoms. The van der Waals surface area contributed by atoms with Gasteiger partial charge in [-0.05, 0) is 24.0 Å². The van der Waals surface area contributed by atoms with Gasteiger partial charge in [-0.25, -0.2) is 4.79 Å². The summed E-state index contributed by atoms with van der Waals surface area (Å²) in [4.78, 5) is 11.5. The average Bonchev–Trinajstić information content (AvgIpc) is 2.26. The molecular weight excluding hydrogens is 228 g/mol. The second-order valence-corrected chi connectivity index (χ2v) is 5.16. The molecule has 0 radical (unpaired) electrons. The smallest absolute Gasteiger partial charge is 0.337 e. The van der Waals surface area contributed by atoms with E-state index < -0.39 is 5.97 Å². The number of rotatable bonds is 4. The normalized spacial score (nSPS) is 11.3. The number of nitrogens with two attached hydrogens (primary N) is 2. The third-order valence-corrected chi connectivity index (χ3v) is 3.17. The fraction of sp³-hybridized carbons (Fsp3) is 0.500. The Morgan fingerprint density at radius 2 is 1.78 bits per heavy atom. The van der Waals surface area contributed by atoms with Crippen LogP contribution in [0.2, 0.25) is 0 Å². The Labute approximate surface area is 108 Å². The molecule has 0 heterocycles. The van der Waals surface area contributed by atoms with Gasteiger partial charge in [-0.3, -0.25) is 0 Å². The molecule has 0 aliphatic carbocycles. The number of esters is 1. The molecule has 4 nitrogen and oxygen atoms in total. The number of benzene rings is 1. The predicted octanol–water partition coefficient (Wildman–Crippen LogP) is 2.72. The minimum absolute atomic E-state index is 0.0996. The van der Waals surface area contributed by atoms with E-state index in [1.54, 1.807) is 12.1 Å². The third kappa shape index (κ3) is 2.75. The van der Waals surface area contributed by atoms with E-state index in [0.717, 1.165) is 18.4 Å². The number of hydrogen-bond donors (Lipinski definition) is 2. The van der Waals surface area contributed by atoms with E-state index in [9.17, 15) is 4.79 Å². The van der Waals surface area contributed by atoms with Crippen molar-refractivity contribution in [3.05, 3.63) is 23.3 Å². The van der Waals surface area contributed by atoms with E-state index in [-0.39, 0.29) is 5.41 Å². The van der Waals surface area contributed by atoms with Crippen molar-refractivity contribution in [1.82, 2.24) is 0 Å². The molecular formula is C14H22N2O2. The first-order chi connectivity index (χ1) is 8.33. The maximum atomic E-state index is 11.5. The topological polar surface area (TPSA) is 78.3 Å². The Morgan fingerprint density at radius 3 is 2.17 bits per heavy atom. The Bertz CT molecular complexity index is 430. The average molecular weight is 250 g/mol. The van der Waals surface area contributed by atoms with Gasteiger partial charge < -0.3 is 16.2 Å². The van der Waals surface area contributed by atoms with Crippen LogP contribution in [-0.2, 0) is 10.2 Å². The van der Waals surface area contributed by atoms with E-state index in [1.165, 1.54) is 7.11 Å².